The molecule has 0 atom stereocenters. The number of nitrogens with two attached hydrogens (primary N) is 1. The van der Waals surface area contributed by atoms with Gasteiger partial charge in [0, 0.05) is 18.6 Å². The molecule has 4 nitrogen and oxygen atoms in total. The lowest BCUT2D eigenvalue weighted by Crippen LogP contribution is -1.95. The molecule has 2 N–H and O–H groups in total. The first-order valence-electron chi connectivity index (χ1n) is 2.91. The molecule has 0 amide bonds. The summed E-state index contributed by atoms with van der Waals surface area (Å²) < 4.78 is 1.72. The summed E-state index contributed by atoms with van der Waals surface area (Å²) in [7, 11) is 0. The van der Waals surface area contributed by atoms with Crippen molar-refractivity contribution in [1.29, 1.82) is 0 Å². The molecule has 2 aromatic rings. The maximum absolute atomic E-state index is 5.58. The van der Waals surface area contributed by atoms with E-state index >= 15 is 0 Å². The summed E-state index contributed by atoms with van der Waals surface area (Å²) in [5.41, 5.74) is 5.58. The van der Waals surface area contributed by atoms with Crippen molar-refractivity contribution in [3.8, 4) is 0 Å². The van der Waals surface area contributed by atoms with Gasteiger partial charge in [0.1, 0.15) is 5.82 Å². The van der Waals surface area contributed by atoms with Gasteiger partial charge < -0.3 is 5.73 Å². The first-order chi connectivity index (χ1) is 4.88. The smallest absolute Gasteiger partial charge is 0.235 e. The molecule has 0 aliphatic rings. The van der Waals surface area contributed by atoms with Crippen LogP contribution in [0.3, 0.4) is 0 Å². The molecule has 0 aliphatic carbocycles. The Hall–Kier alpha value is -1.58. The molecule has 50 valence electrons. The highest BCUT2D eigenvalue weighted by Crippen LogP contribution is 2.02. The van der Waals surface area contributed by atoms with Crippen molar-refractivity contribution >= 4 is 11.6 Å². The Kier molecular flexibility index (Phi) is 0.887. The number of rotatable bonds is 0. The molecule has 2 heterocycles. The van der Waals surface area contributed by atoms with Gasteiger partial charge in [-0.15, -0.1) is 0 Å². The van der Waals surface area contributed by atoms with Crippen LogP contribution in [0.25, 0.3) is 5.78 Å². The molecular formula is C6H6N4. The maximum atomic E-state index is 5.58. The minimum atomic E-state index is 0.639. The molecule has 0 aliphatic heterocycles. The van der Waals surface area contributed by atoms with E-state index in [9.17, 15) is 0 Å². The minimum Gasteiger partial charge on any atom is -0.385 e. The molecule has 10 heavy (non-hydrogen) atoms. The zero-order chi connectivity index (χ0) is 6.97. The van der Waals surface area contributed by atoms with Crippen LogP contribution >= 0.6 is 0 Å². The first kappa shape index (κ1) is 5.22. The van der Waals surface area contributed by atoms with E-state index in [1.54, 1.807) is 29.1 Å². The van der Waals surface area contributed by atoms with Gasteiger partial charge in [-0.3, -0.25) is 4.40 Å². The Labute approximate surface area is 57.3 Å². The molecular weight excluding hydrogens is 128 g/mol. The SMILES string of the molecule is Nc1ccnc2nccn12. The molecule has 0 saturated carbocycles. The molecule has 2 rings (SSSR count). The summed E-state index contributed by atoms with van der Waals surface area (Å²) in [6.45, 7) is 0. The lowest BCUT2D eigenvalue weighted by molar-refractivity contribution is 1.12. The van der Waals surface area contributed by atoms with E-state index in [1.165, 1.54) is 0 Å². The molecule has 0 radical (unpaired) electrons. The fraction of sp³-hybridized carbons (Fsp3) is 0. The van der Waals surface area contributed by atoms with Crippen molar-refractivity contribution < 1.29 is 0 Å². The molecule has 0 fully saturated rings. The fourth-order valence-corrected chi connectivity index (χ4v) is 0.853. The van der Waals surface area contributed by atoms with Crippen molar-refractivity contribution in [2.45, 2.75) is 0 Å². The van der Waals surface area contributed by atoms with Crippen LogP contribution in [-0.4, -0.2) is 14.4 Å². The predicted octanol–water partition coefficient (Wildman–Crippen LogP) is 0.311. The van der Waals surface area contributed by atoms with Gasteiger partial charge in [0.2, 0.25) is 5.78 Å². The number of nitrogen functional groups attached to an aromatic ring is 1. The normalized spacial score (nSPS) is 10.4. The lowest BCUT2D eigenvalue weighted by Gasteiger charge is -1.94. The van der Waals surface area contributed by atoms with Crippen LogP contribution in [0.15, 0.2) is 24.7 Å². The van der Waals surface area contributed by atoms with E-state index in [4.69, 9.17) is 5.73 Å². The molecule has 4 heteroatoms. The number of nitrogens with zero attached hydrogens (tertiary/aromatic N) is 3. The summed E-state index contributed by atoms with van der Waals surface area (Å²) in [5, 5.41) is 0. The van der Waals surface area contributed by atoms with Crippen LogP contribution < -0.4 is 5.73 Å². The Bertz CT molecular complexity index is 351. The number of fused-ring (bicyclic) bond motifs is 1. The first-order valence-corrected chi connectivity index (χ1v) is 2.91. The van der Waals surface area contributed by atoms with E-state index in [2.05, 4.69) is 9.97 Å². The van der Waals surface area contributed by atoms with Crippen molar-refractivity contribution in [3.05, 3.63) is 24.7 Å². The maximum Gasteiger partial charge on any atom is 0.235 e. The second-order valence-corrected chi connectivity index (χ2v) is 1.97. The van der Waals surface area contributed by atoms with Gasteiger partial charge >= 0.3 is 0 Å². The van der Waals surface area contributed by atoms with E-state index in [0.29, 0.717) is 11.6 Å². The number of hydrogen-bond acceptors (Lipinski definition) is 3. The third kappa shape index (κ3) is 0.556. The van der Waals surface area contributed by atoms with Gasteiger partial charge in [0.15, 0.2) is 0 Å². The summed E-state index contributed by atoms with van der Waals surface area (Å²) >= 11 is 0. The van der Waals surface area contributed by atoms with Crippen molar-refractivity contribution in [2.75, 3.05) is 5.73 Å². The highest BCUT2D eigenvalue weighted by atomic mass is 15.1. The standard InChI is InChI=1S/C6H6N4/c7-5-1-2-8-6-9-3-4-10(5)6/h1-4H,7H2. The van der Waals surface area contributed by atoms with Crippen LogP contribution in [0.5, 0.6) is 0 Å². The quantitative estimate of drug-likeness (QED) is 0.564. The minimum absolute atomic E-state index is 0.639. The van der Waals surface area contributed by atoms with Gasteiger partial charge in [-0.05, 0) is 6.07 Å². The monoisotopic (exact) mass is 134 g/mol. The van der Waals surface area contributed by atoms with E-state index in [0.717, 1.165) is 0 Å². The van der Waals surface area contributed by atoms with E-state index < -0.39 is 0 Å². The summed E-state index contributed by atoms with van der Waals surface area (Å²) in [4.78, 5) is 7.93. The Balaban J connectivity index is 2.95. The molecule has 0 unspecified atom stereocenters. The van der Waals surface area contributed by atoms with Crippen LogP contribution in [0, 0.1) is 0 Å². The predicted molar refractivity (Wildman–Crippen MR) is 37.4 cm³/mol. The van der Waals surface area contributed by atoms with Gasteiger partial charge in [-0.2, -0.15) is 0 Å². The Morgan fingerprint density at radius 3 is 2.90 bits per heavy atom. The zero-order valence-electron chi connectivity index (χ0n) is 5.23. The molecule has 0 saturated heterocycles. The van der Waals surface area contributed by atoms with Gasteiger partial charge in [-0.25, -0.2) is 9.97 Å². The number of imidazole rings is 1. The second kappa shape index (κ2) is 1.70. The Morgan fingerprint density at radius 2 is 2.10 bits per heavy atom. The van der Waals surface area contributed by atoms with Crippen molar-refractivity contribution in [3.63, 3.8) is 0 Å². The van der Waals surface area contributed by atoms with Crippen LogP contribution in [0.4, 0.5) is 5.82 Å². The van der Waals surface area contributed by atoms with Gasteiger partial charge in [0.05, 0.1) is 0 Å². The molecule has 0 bridgehead atoms. The van der Waals surface area contributed by atoms with Crippen molar-refractivity contribution in [2.24, 2.45) is 0 Å². The lowest BCUT2D eigenvalue weighted by atomic mass is 10.6. The number of hydrogen-bond donors (Lipinski definition) is 1. The van der Waals surface area contributed by atoms with Crippen molar-refractivity contribution in [1.82, 2.24) is 14.4 Å². The fourth-order valence-electron chi connectivity index (χ4n) is 0.853. The number of anilines is 1. The van der Waals surface area contributed by atoms with Gasteiger partial charge in [0.25, 0.3) is 0 Å². The average molecular weight is 134 g/mol. The van der Waals surface area contributed by atoms with Crippen LogP contribution in [-0.2, 0) is 0 Å². The molecule has 0 aromatic carbocycles. The average Bonchev–Trinajstić information content (AvgIpc) is 2.36. The molecule has 2 aromatic heterocycles. The third-order valence-corrected chi connectivity index (χ3v) is 1.33. The van der Waals surface area contributed by atoms with Gasteiger partial charge in [-0.1, -0.05) is 0 Å². The topological polar surface area (TPSA) is 56.2 Å². The highest BCUT2D eigenvalue weighted by Gasteiger charge is 1.94. The van der Waals surface area contributed by atoms with Crippen LogP contribution in [0.1, 0.15) is 0 Å². The van der Waals surface area contributed by atoms with Crippen LogP contribution in [0.2, 0.25) is 0 Å². The zero-order valence-corrected chi connectivity index (χ0v) is 5.23. The van der Waals surface area contributed by atoms with E-state index in [1.807, 2.05) is 0 Å². The highest BCUT2D eigenvalue weighted by molar-refractivity contribution is 5.39. The summed E-state index contributed by atoms with van der Waals surface area (Å²) in [6.07, 6.45) is 5.08. The Morgan fingerprint density at radius 1 is 1.30 bits per heavy atom. The second-order valence-electron chi connectivity index (χ2n) is 1.97. The van der Waals surface area contributed by atoms with E-state index in [-0.39, 0.29) is 0 Å². The molecule has 0 spiro atoms. The largest absolute Gasteiger partial charge is 0.385 e. The summed E-state index contributed by atoms with van der Waals surface area (Å²) in [6, 6.07) is 1.73. The summed E-state index contributed by atoms with van der Waals surface area (Å²) in [5.74, 6) is 1.29. The number of aromatic nitrogens is 3. The third-order valence-electron chi connectivity index (χ3n) is 1.33.